The van der Waals surface area contributed by atoms with E-state index in [1.165, 1.54) is 12.4 Å². The lowest BCUT2D eigenvalue weighted by Gasteiger charge is -2.13. The number of carbonyl (C=O) groups excluding carboxylic acids is 1. The standard InChI is InChI=1S/C12H16N6O/c1-9(8-18-5-3-4-16-18)17-12(19)10-6-15-11(13-2)7-14-10/h3-7,9H,8H2,1-2H3,(H,13,15)(H,17,19). The van der Waals surface area contributed by atoms with Gasteiger partial charge in [0.15, 0.2) is 0 Å². The van der Waals surface area contributed by atoms with Gasteiger partial charge < -0.3 is 10.6 Å². The zero-order valence-corrected chi connectivity index (χ0v) is 10.9. The van der Waals surface area contributed by atoms with Gasteiger partial charge in [-0.1, -0.05) is 0 Å². The zero-order chi connectivity index (χ0) is 13.7. The lowest BCUT2D eigenvalue weighted by atomic mass is 10.3. The highest BCUT2D eigenvalue weighted by Gasteiger charge is 2.11. The molecule has 0 saturated heterocycles. The number of rotatable bonds is 5. The van der Waals surface area contributed by atoms with Crippen LogP contribution in [0.3, 0.4) is 0 Å². The molecule has 0 bridgehead atoms. The third-order valence-corrected chi connectivity index (χ3v) is 2.54. The summed E-state index contributed by atoms with van der Waals surface area (Å²) < 4.78 is 1.76. The summed E-state index contributed by atoms with van der Waals surface area (Å²) in [5, 5.41) is 9.78. The Morgan fingerprint density at radius 2 is 2.26 bits per heavy atom. The summed E-state index contributed by atoms with van der Waals surface area (Å²) in [6.07, 6.45) is 6.52. The van der Waals surface area contributed by atoms with Crippen LogP contribution in [0.5, 0.6) is 0 Å². The van der Waals surface area contributed by atoms with Gasteiger partial charge in [-0.15, -0.1) is 0 Å². The SMILES string of the molecule is CNc1cnc(C(=O)NC(C)Cn2cccn2)cn1. The predicted octanol–water partition coefficient (Wildman–Crippen LogP) is 0.533. The molecule has 2 rings (SSSR count). The number of hydrogen-bond acceptors (Lipinski definition) is 5. The maximum absolute atomic E-state index is 11.9. The average Bonchev–Trinajstić information content (AvgIpc) is 2.91. The largest absolute Gasteiger partial charge is 0.372 e. The van der Waals surface area contributed by atoms with Crippen molar-refractivity contribution in [3.63, 3.8) is 0 Å². The average molecular weight is 260 g/mol. The molecule has 2 heterocycles. The summed E-state index contributed by atoms with van der Waals surface area (Å²) in [7, 11) is 1.75. The van der Waals surface area contributed by atoms with E-state index in [9.17, 15) is 4.79 Å². The molecule has 100 valence electrons. The molecule has 1 amide bonds. The van der Waals surface area contributed by atoms with Crippen LogP contribution in [-0.4, -0.2) is 38.7 Å². The van der Waals surface area contributed by atoms with Crippen molar-refractivity contribution in [2.45, 2.75) is 19.5 Å². The Morgan fingerprint density at radius 3 is 2.84 bits per heavy atom. The molecule has 0 aliphatic rings. The van der Waals surface area contributed by atoms with E-state index in [-0.39, 0.29) is 11.9 Å². The molecule has 2 N–H and O–H groups in total. The number of carbonyl (C=O) groups is 1. The molecule has 0 saturated carbocycles. The highest BCUT2D eigenvalue weighted by molar-refractivity contribution is 5.92. The van der Waals surface area contributed by atoms with E-state index < -0.39 is 0 Å². The van der Waals surface area contributed by atoms with Crippen LogP contribution in [0.4, 0.5) is 5.82 Å². The number of nitrogens with one attached hydrogen (secondary N) is 2. The van der Waals surface area contributed by atoms with E-state index >= 15 is 0 Å². The Hall–Kier alpha value is -2.44. The van der Waals surface area contributed by atoms with E-state index in [1.54, 1.807) is 17.9 Å². The first-order valence-corrected chi connectivity index (χ1v) is 5.97. The Morgan fingerprint density at radius 1 is 1.42 bits per heavy atom. The predicted molar refractivity (Wildman–Crippen MR) is 70.7 cm³/mol. The van der Waals surface area contributed by atoms with Crippen LogP contribution in [0.25, 0.3) is 0 Å². The highest BCUT2D eigenvalue weighted by atomic mass is 16.1. The molecule has 1 unspecified atom stereocenters. The fourth-order valence-corrected chi connectivity index (χ4v) is 1.61. The maximum Gasteiger partial charge on any atom is 0.271 e. The minimum atomic E-state index is -0.241. The van der Waals surface area contributed by atoms with Gasteiger partial charge in [-0.25, -0.2) is 9.97 Å². The molecule has 0 aliphatic carbocycles. The van der Waals surface area contributed by atoms with Crippen LogP contribution in [0.2, 0.25) is 0 Å². The first-order chi connectivity index (χ1) is 9.19. The second-order valence-electron chi connectivity index (χ2n) is 4.14. The van der Waals surface area contributed by atoms with Crippen molar-refractivity contribution in [1.29, 1.82) is 0 Å². The van der Waals surface area contributed by atoms with Crippen molar-refractivity contribution in [2.24, 2.45) is 0 Å². The molecule has 2 aromatic heterocycles. The van der Waals surface area contributed by atoms with Crippen molar-refractivity contribution < 1.29 is 4.79 Å². The van der Waals surface area contributed by atoms with Gasteiger partial charge in [0.25, 0.3) is 5.91 Å². The molecule has 0 fully saturated rings. The van der Waals surface area contributed by atoms with Crippen LogP contribution >= 0.6 is 0 Å². The Kier molecular flexibility index (Phi) is 4.07. The van der Waals surface area contributed by atoms with E-state index in [2.05, 4.69) is 25.7 Å². The topological polar surface area (TPSA) is 84.7 Å². The summed E-state index contributed by atoms with van der Waals surface area (Å²) >= 11 is 0. The van der Waals surface area contributed by atoms with Crippen molar-refractivity contribution in [3.8, 4) is 0 Å². The molecule has 1 atom stereocenters. The second kappa shape index (κ2) is 5.94. The summed E-state index contributed by atoms with van der Waals surface area (Å²) in [6.45, 7) is 2.52. The van der Waals surface area contributed by atoms with Gasteiger partial charge >= 0.3 is 0 Å². The molecular weight excluding hydrogens is 244 g/mol. The summed E-state index contributed by atoms with van der Waals surface area (Å²) in [5.41, 5.74) is 0.298. The number of anilines is 1. The maximum atomic E-state index is 11.9. The van der Waals surface area contributed by atoms with Crippen molar-refractivity contribution in [1.82, 2.24) is 25.1 Å². The number of aromatic nitrogens is 4. The van der Waals surface area contributed by atoms with E-state index in [0.29, 0.717) is 18.1 Å². The summed E-state index contributed by atoms with van der Waals surface area (Å²) in [6, 6.07) is 1.80. The minimum Gasteiger partial charge on any atom is -0.372 e. The van der Waals surface area contributed by atoms with Crippen molar-refractivity contribution >= 4 is 11.7 Å². The second-order valence-corrected chi connectivity index (χ2v) is 4.14. The van der Waals surface area contributed by atoms with E-state index in [1.807, 2.05) is 19.2 Å². The molecule has 7 nitrogen and oxygen atoms in total. The van der Waals surface area contributed by atoms with Gasteiger partial charge in [-0.2, -0.15) is 5.10 Å². The third kappa shape index (κ3) is 3.51. The molecule has 0 aromatic carbocycles. The summed E-state index contributed by atoms with van der Waals surface area (Å²) in [4.78, 5) is 20.0. The Bertz CT molecular complexity index is 522. The van der Waals surface area contributed by atoms with Crippen molar-refractivity contribution in [2.75, 3.05) is 12.4 Å². The first kappa shape index (κ1) is 13.0. The lowest BCUT2D eigenvalue weighted by molar-refractivity contribution is 0.0930. The van der Waals surface area contributed by atoms with Gasteiger partial charge in [0, 0.05) is 25.5 Å². The monoisotopic (exact) mass is 260 g/mol. The summed E-state index contributed by atoms with van der Waals surface area (Å²) in [5.74, 6) is 0.385. The van der Waals surface area contributed by atoms with Crippen LogP contribution in [0.1, 0.15) is 17.4 Å². The van der Waals surface area contributed by atoms with Crippen LogP contribution < -0.4 is 10.6 Å². The van der Waals surface area contributed by atoms with E-state index in [0.717, 1.165) is 0 Å². The number of nitrogens with zero attached hydrogens (tertiary/aromatic N) is 4. The molecule has 0 aliphatic heterocycles. The van der Waals surface area contributed by atoms with Gasteiger partial charge in [0.2, 0.25) is 0 Å². The van der Waals surface area contributed by atoms with Crippen LogP contribution in [0, 0.1) is 0 Å². The zero-order valence-electron chi connectivity index (χ0n) is 10.9. The van der Waals surface area contributed by atoms with Gasteiger partial charge in [0.05, 0.1) is 18.9 Å². The minimum absolute atomic E-state index is 0.0434. The number of hydrogen-bond donors (Lipinski definition) is 2. The number of amides is 1. The fraction of sp³-hybridized carbons (Fsp3) is 0.333. The smallest absolute Gasteiger partial charge is 0.271 e. The van der Waals surface area contributed by atoms with Crippen LogP contribution in [0.15, 0.2) is 30.9 Å². The van der Waals surface area contributed by atoms with Gasteiger partial charge in [0.1, 0.15) is 11.5 Å². The molecule has 19 heavy (non-hydrogen) atoms. The lowest BCUT2D eigenvalue weighted by Crippen LogP contribution is -2.36. The highest BCUT2D eigenvalue weighted by Crippen LogP contribution is 2.00. The molecular formula is C12H16N6O. The van der Waals surface area contributed by atoms with Gasteiger partial charge in [-0.3, -0.25) is 9.48 Å². The van der Waals surface area contributed by atoms with Crippen LogP contribution in [-0.2, 0) is 6.54 Å². The quantitative estimate of drug-likeness (QED) is 0.819. The Labute approximate surface area is 111 Å². The van der Waals surface area contributed by atoms with Crippen molar-refractivity contribution in [3.05, 3.63) is 36.5 Å². The van der Waals surface area contributed by atoms with Gasteiger partial charge in [-0.05, 0) is 13.0 Å². The first-order valence-electron chi connectivity index (χ1n) is 5.97. The molecule has 0 radical (unpaired) electrons. The Balaban J connectivity index is 1.92. The third-order valence-electron chi connectivity index (χ3n) is 2.54. The normalized spacial score (nSPS) is 11.9. The fourth-order valence-electron chi connectivity index (χ4n) is 1.61. The molecule has 2 aromatic rings. The van der Waals surface area contributed by atoms with E-state index in [4.69, 9.17) is 0 Å². The molecule has 0 spiro atoms. The molecule has 7 heteroatoms.